The summed E-state index contributed by atoms with van der Waals surface area (Å²) in [5.74, 6) is -0.952. The number of halogens is 1. The van der Waals surface area contributed by atoms with E-state index in [1.54, 1.807) is 25.1 Å². The molecule has 0 saturated carbocycles. The van der Waals surface area contributed by atoms with Crippen molar-refractivity contribution in [2.75, 3.05) is 0 Å². The molecule has 1 amide bonds. The summed E-state index contributed by atoms with van der Waals surface area (Å²) in [7, 11) is 0. The molecule has 1 aromatic heterocycles. The van der Waals surface area contributed by atoms with Gasteiger partial charge >= 0.3 is 5.97 Å². The molecule has 0 aliphatic heterocycles. The molecule has 0 saturated heterocycles. The molecular weight excluding hydrogens is 318 g/mol. The van der Waals surface area contributed by atoms with Gasteiger partial charge in [0.15, 0.2) is 6.10 Å². The highest BCUT2D eigenvalue weighted by atomic mass is 35.5. The van der Waals surface area contributed by atoms with Crippen molar-refractivity contribution in [3.8, 4) is 0 Å². The molecule has 0 bridgehead atoms. The Hall–Kier alpha value is -2.01. The number of furan rings is 1. The fourth-order valence-electron chi connectivity index (χ4n) is 2.13. The monoisotopic (exact) mass is 337 g/mol. The van der Waals surface area contributed by atoms with E-state index in [9.17, 15) is 9.59 Å². The van der Waals surface area contributed by atoms with Crippen LogP contribution in [0.25, 0.3) is 11.0 Å². The van der Waals surface area contributed by atoms with Gasteiger partial charge in [0, 0.05) is 21.5 Å². The quantitative estimate of drug-likeness (QED) is 0.864. The van der Waals surface area contributed by atoms with Crippen LogP contribution in [0.15, 0.2) is 22.6 Å². The lowest BCUT2D eigenvalue weighted by atomic mass is 10.1. The van der Waals surface area contributed by atoms with Crippen molar-refractivity contribution >= 4 is 34.4 Å². The van der Waals surface area contributed by atoms with E-state index in [4.69, 9.17) is 20.8 Å². The summed E-state index contributed by atoms with van der Waals surface area (Å²) < 4.78 is 10.7. The molecule has 0 aliphatic carbocycles. The second kappa shape index (κ2) is 6.24. The number of carbonyl (C=O) groups excluding carboxylic acids is 2. The number of aryl methyl sites for hydroxylation is 1. The van der Waals surface area contributed by atoms with Crippen molar-refractivity contribution in [2.24, 2.45) is 0 Å². The zero-order valence-electron chi connectivity index (χ0n) is 13.8. The third kappa shape index (κ3) is 4.05. The van der Waals surface area contributed by atoms with Crippen LogP contribution in [0.1, 0.15) is 43.8 Å². The number of rotatable bonds is 3. The van der Waals surface area contributed by atoms with Gasteiger partial charge in [0.05, 0.1) is 0 Å². The van der Waals surface area contributed by atoms with Crippen molar-refractivity contribution in [2.45, 2.75) is 46.3 Å². The molecule has 1 aromatic carbocycles. The molecule has 6 heteroatoms. The number of amides is 1. The van der Waals surface area contributed by atoms with Crippen molar-refractivity contribution in [1.82, 2.24) is 5.32 Å². The first-order valence-electron chi connectivity index (χ1n) is 7.30. The highest BCUT2D eigenvalue weighted by Crippen LogP contribution is 2.28. The lowest BCUT2D eigenvalue weighted by molar-refractivity contribution is -0.130. The van der Waals surface area contributed by atoms with Crippen LogP contribution < -0.4 is 5.32 Å². The van der Waals surface area contributed by atoms with Crippen LogP contribution in [0.5, 0.6) is 0 Å². The average molecular weight is 338 g/mol. The van der Waals surface area contributed by atoms with E-state index in [1.165, 1.54) is 6.92 Å². The van der Waals surface area contributed by atoms with Crippen LogP contribution >= 0.6 is 11.6 Å². The Morgan fingerprint density at radius 1 is 1.30 bits per heavy atom. The minimum Gasteiger partial charge on any atom is -0.449 e. The molecule has 0 fully saturated rings. The standard InChI is InChI=1S/C17H20ClNO4/c1-9-12-8-11(18)6-7-13(12)23-14(9)16(21)22-10(2)15(20)19-17(3,4)5/h6-8,10H,1-5H3,(H,19,20)/t10-/m0/s1. The van der Waals surface area contributed by atoms with E-state index in [2.05, 4.69) is 5.32 Å². The van der Waals surface area contributed by atoms with Crippen molar-refractivity contribution in [3.05, 3.63) is 34.5 Å². The summed E-state index contributed by atoms with van der Waals surface area (Å²) in [4.78, 5) is 24.3. The molecule has 0 aliphatic rings. The van der Waals surface area contributed by atoms with Crippen LogP contribution in [-0.2, 0) is 9.53 Å². The smallest absolute Gasteiger partial charge is 0.375 e. The third-order valence-electron chi connectivity index (χ3n) is 3.23. The van der Waals surface area contributed by atoms with E-state index in [1.807, 2.05) is 20.8 Å². The second-order valence-electron chi connectivity index (χ2n) is 6.48. The number of ether oxygens (including phenoxy) is 1. The Labute approximate surface area is 139 Å². The summed E-state index contributed by atoms with van der Waals surface area (Å²) in [6, 6.07) is 5.10. The molecule has 1 atom stereocenters. The van der Waals surface area contributed by atoms with Gasteiger partial charge in [-0.1, -0.05) is 11.6 Å². The van der Waals surface area contributed by atoms with Crippen molar-refractivity contribution < 1.29 is 18.7 Å². The van der Waals surface area contributed by atoms with Gasteiger partial charge in [0.1, 0.15) is 5.58 Å². The molecule has 1 N–H and O–H groups in total. The number of carbonyl (C=O) groups is 2. The van der Waals surface area contributed by atoms with Gasteiger partial charge in [-0.25, -0.2) is 4.79 Å². The highest BCUT2D eigenvalue weighted by Gasteiger charge is 2.26. The summed E-state index contributed by atoms with van der Waals surface area (Å²) in [6.45, 7) is 8.83. The maximum Gasteiger partial charge on any atom is 0.375 e. The molecule has 0 unspecified atom stereocenters. The number of hydrogen-bond donors (Lipinski definition) is 1. The van der Waals surface area contributed by atoms with Crippen LogP contribution in [0.3, 0.4) is 0 Å². The van der Waals surface area contributed by atoms with E-state index in [0.717, 1.165) is 5.39 Å². The Kier molecular flexibility index (Phi) is 4.71. The van der Waals surface area contributed by atoms with Gasteiger partial charge in [0.25, 0.3) is 5.91 Å². The number of benzene rings is 1. The highest BCUT2D eigenvalue weighted by molar-refractivity contribution is 6.31. The van der Waals surface area contributed by atoms with Gasteiger partial charge in [0.2, 0.25) is 5.76 Å². The number of esters is 1. The molecule has 0 radical (unpaired) electrons. The van der Waals surface area contributed by atoms with Gasteiger partial charge < -0.3 is 14.5 Å². The first kappa shape index (κ1) is 17.3. The molecule has 2 aromatic rings. The fraction of sp³-hybridized carbons (Fsp3) is 0.412. The van der Waals surface area contributed by atoms with Crippen LogP contribution in [0.4, 0.5) is 0 Å². The molecule has 1 heterocycles. The van der Waals surface area contributed by atoms with E-state index < -0.39 is 17.6 Å². The minimum atomic E-state index is -0.919. The summed E-state index contributed by atoms with van der Waals surface area (Å²) in [5, 5.41) is 4.06. The maximum atomic E-state index is 12.3. The number of fused-ring (bicyclic) bond motifs is 1. The fourth-order valence-corrected chi connectivity index (χ4v) is 2.30. The summed E-state index contributed by atoms with van der Waals surface area (Å²) in [6.07, 6.45) is -0.919. The number of hydrogen-bond acceptors (Lipinski definition) is 4. The second-order valence-corrected chi connectivity index (χ2v) is 6.92. The molecule has 124 valence electrons. The molecular formula is C17H20ClNO4. The first-order valence-corrected chi connectivity index (χ1v) is 7.68. The Morgan fingerprint density at radius 2 is 1.96 bits per heavy atom. The lowest BCUT2D eigenvalue weighted by Crippen LogP contribution is -2.46. The SMILES string of the molecule is Cc1c(C(=O)O[C@@H](C)C(=O)NC(C)(C)C)oc2ccc(Cl)cc12. The maximum absolute atomic E-state index is 12.3. The average Bonchev–Trinajstić information content (AvgIpc) is 2.74. The molecule has 0 spiro atoms. The van der Waals surface area contributed by atoms with Crippen LogP contribution in [-0.4, -0.2) is 23.5 Å². The Morgan fingerprint density at radius 3 is 2.57 bits per heavy atom. The normalized spacial score (nSPS) is 13.0. The molecule has 23 heavy (non-hydrogen) atoms. The number of nitrogens with one attached hydrogen (secondary N) is 1. The Balaban J connectivity index is 2.18. The van der Waals surface area contributed by atoms with Gasteiger partial charge in [-0.15, -0.1) is 0 Å². The third-order valence-corrected chi connectivity index (χ3v) is 3.47. The summed E-state index contributed by atoms with van der Waals surface area (Å²) in [5.41, 5.74) is 0.783. The predicted molar refractivity (Wildman–Crippen MR) is 88.7 cm³/mol. The van der Waals surface area contributed by atoms with Gasteiger partial charge in [-0.3, -0.25) is 4.79 Å². The van der Waals surface area contributed by atoms with Crippen LogP contribution in [0, 0.1) is 6.92 Å². The van der Waals surface area contributed by atoms with Gasteiger partial charge in [-0.05, 0) is 52.8 Å². The first-order chi connectivity index (χ1) is 10.6. The zero-order valence-corrected chi connectivity index (χ0v) is 14.6. The molecule has 5 nitrogen and oxygen atoms in total. The predicted octanol–water partition coefficient (Wildman–Crippen LogP) is 3.85. The van der Waals surface area contributed by atoms with Crippen molar-refractivity contribution in [1.29, 1.82) is 0 Å². The van der Waals surface area contributed by atoms with Crippen LogP contribution in [0.2, 0.25) is 5.02 Å². The van der Waals surface area contributed by atoms with E-state index in [-0.39, 0.29) is 11.7 Å². The van der Waals surface area contributed by atoms with E-state index >= 15 is 0 Å². The van der Waals surface area contributed by atoms with Crippen molar-refractivity contribution in [3.63, 3.8) is 0 Å². The summed E-state index contributed by atoms with van der Waals surface area (Å²) >= 11 is 5.96. The lowest BCUT2D eigenvalue weighted by Gasteiger charge is -2.23. The largest absolute Gasteiger partial charge is 0.449 e. The zero-order chi connectivity index (χ0) is 17.4. The van der Waals surface area contributed by atoms with E-state index in [0.29, 0.717) is 16.2 Å². The Bertz CT molecular complexity index is 758. The van der Waals surface area contributed by atoms with Gasteiger partial charge in [-0.2, -0.15) is 0 Å². The minimum absolute atomic E-state index is 0.0812. The topological polar surface area (TPSA) is 68.5 Å². The molecule has 2 rings (SSSR count).